The van der Waals surface area contributed by atoms with Crippen LogP contribution in [-0.4, -0.2) is 59.0 Å². The molecule has 1 heterocycles. The zero-order chi connectivity index (χ0) is 20.6. The average Bonchev–Trinajstić information content (AvgIpc) is 2.65. The van der Waals surface area contributed by atoms with Crippen LogP contribution in [-0.2, 0) is 28.5 Å². The van der Waals surface area contributed by atoms with E-state index in [1.54, 1.807) is 14.2 Å². The molecule has 0 amide bonds. The first-order valence-electron chi connectivity index (χ1n) is 9.84. The average molecular weight is 395 g/mol. The van der Waals surface area contributed by atoms with Gasteiger partial charge in [0.2, 0.25) is 0 Å². The van der Waals surface area contributed by atoms with Crippen molar-refractivity contribution in [3.05, 3.63) is 35.5 Å². The minimum absolute atomic E-state index is 0.169. The molecule has 0 aromatic carbocycles. The van der Waals surface area contributed by atoms with Gasteiger partial charge in [0.1, 0.15) is 19.5 Å². The lowest BCUT2D eigenvalue weighted by atomic mass is 9.62. The van der Waals surface area contributed by atoms with E-state index in [0.717, 1.165) is 12.8 Å². The Balaban J connectivity index is 2.32. The fourth-order valence-corrected chi connectivity index (χ4v) is 4.27. The second kappa shape index (κ2) is 10.9. The second-order valence-electron chi connectivity index (χ2n) is 7.78. The van der Waals surface area contributed by atoms with Gasteiger partial charge in [-0.1, -0.05) is 25.5 Å². The quantitative estimate of drug-likeness (QED) is 0.285. The first kappa shape index (κ1) is 22.8. The number of cyclic esters (lactones) is 1. The van der Waals surface area contributed by atoms with Crippen molar-refractivity contribution in [1.82, 2.24) is 0 Å². The number of fused-ring (bicyclic) bond motifs is 2. The molecule has 1 aliphatic heterocycles. The number of esters is 1. The summed E-state index contributed by atoms with van der Waals surface area (Å²) in [6.45, 7) is 8.00. The maximum atomic E-state index is 11.9. The molecule has 2 rings (SSSR count). The predicted molar refractivity (Wildman–Crippen MR) is 107 cm³/mol. The van der Waals surface area contributed by atoms with Gasteiger partial charge in [-0.2, -0.15) is 0 Å². The molecule has 28 heavy (non-hydrogen) atoms. The van der Waals surface area contributed by atoms with E-state index < -0.39 is 0 Å². The molecular formula is C22H34O6. The molecule has 0 fully saturated rings. The highest BCUT2D eigenvalue weighted by Crippen LogP contribution is 2.49. The van der Waals surface area contributed by atoms with Crippen LogP contribution in [0.5, 0.6) is 0 Å². The lowest BCUT2D eigenvalue weighted by Gasteiger charge is -2.46. The molecule has 6 nitrogen and oxygen atoms in total. The lowest BCUT2D eigenvalue weighted by molar-refractivity contribution is -0.136. The van der Waals surface area contributed by atoms with E-state index in [2.05, 4.69) is 20.8 Å². The minimum atomic E-state index is -0.367. The van der Waals surface area contributed by atoms with Gasteiger partial charge in [-0.25, -0.2) is 4.79 Å². The summed E-state index contributed by atoms with van der Waals surface area (Å²) >= 11 is 0. The molecule has 3 atom stereocenters. The molecule has 0 saturated carbocycles. The number of methoxy groups -OCH3 is 2. The molecule has 0 saturated heterocycles. The Morgan fingerprint density at radius 3 is 2.71 bits per heavy atom. The molecule has 158 valence electrons. The first-order chi connectivity index (χ1) is 13.4. The van der Waals surface area contributed by atoms with Crippen LogP contribution < -0.4 is 0 Å². The first-order valence-corrected chi connectivity index (χ1v) is 9.84. The van der Waals surface area contributed by atoms with Crippen LogP contribution in [0.2, 0.25) is 0 Å². The molecule has 0 aromatic rings. The monoisotopic (exact) mass is 394 g/mol. The van der Waals surface area contributed by atoms with E-state index in [1.807, 2.05) is 18.2 Å². The van der Waals surface area contributed by atoms with Crippen molar-refractivity contribution in [3.8, 4) is 0 Å². The summed E-state index contributed by atoms with van der Waals surface area (Å²) in [4.78, 5) is 11.9. The van der Waals surface area contributed by atoms with Gasteiger partial charge < -0.3 is 23.7 Å². The third kappa shape index (κ3) is 5.77. The second-order valence-corrected chi connectivity index (χ2v) is 7.78. The van der Waals surface area contributed by atoms with Crippen molar-refractivity contribution < 1.29 is 28.5 Å². The van der Waals surface area contributed by atoms with E-state index in [-0.39, 0.29) is 42.9 Å². The Labute approximate surface area is 168 Å². The van der Waals surface area contributed by atoms with Gasteiger partial charge in [0.25, 0.3) is 0 Å². The van der Waals surface area contributed by atoms with Crippen molar-refractivity contribution in [2.45, 2.75) is 45.8 Å². The van der Waals surface area contributed by atoms with Gasteiger partial charge in [-0.3, -0.25) is 0 Å². The lowest BCUT2D eigenvalue weighted by Crippen LogP contribution is -2.42. The topological polar surface area (TPSA) is 63.2 Å². The van der Waals surface area contributed by atoms with Gasteiger partial charge in [-0.15, -0.1) is 0 Å². The maximum absolute atomic E-state index is 11.9. The number of ether oxygens (including phenoxy) is 5. The maximum Gasteiger partial charge on any atom is 0.330 e. The number of carbonyl (C=O) groups excluding carboxylic acids is 1. The number of allylic oxidation sites excluding steroid dienone is 1. The van der Waals surface area contributed by atoms with Crippen LogP contribution in [0.4, 0.5) is 0 Å². The smallest absolute Gasteiger partial charge is 0.330 e. The fraction of sp³-hybridized carbons (Fsp3) is 0.682. The molecule has 0 unspecified atom stereocenters. The number of carbonyl (C=O) groups is 1. The van der Waals surface area contributed by atoms with Crippen LogP contribution in [0.1, 0.15) is 33.6 Å². The van der Waals surface area contributed by atoms with Crippen LogP contribution in [0.3, 0.4) is 0 Å². The fourth-order valence-electron chi connectivity index (χ4n) is 4.27. The Kier molecular flexibility index (Phi) is 8.89. The Bertz CT molecular complexity index is 604. The Morgan fingerprint density at radius 1 is 1.21 bits per heavy atom. The molecule has 2 bridgehead atoms. The summed E-state index contributed by atoms with van der Waals surface area (Å²) < 4.78 is 27.6. The van der Waals surface area contributed by atoms with Gasteiger partial charge in [0.05, 0.1) is 19.3 Å². The minimum Gasteiger partial charge on any atom is -0.458 e. The zero-order valence-corrected chi connectivity index (χ0v) is 17.7. The summed E-state index contributed by atoms with van der Waals surface area (Å²) in [5.74, 6) is -0.151. The van der Waals surface area contributed by atoms with Crippen molar-refractivity contribution in [3.63, 3.8) is 0 Å². The standard InChI is InChI=1S/C22H34O6/c1-16-8-9-17-18(25-5)10-11-20(23)27-12-6-7-19(21(16)22(17,2)3)28-15-26-14-13-24-4/h6-7,10-11,17-19H,8-9,12-15H2,1-5H3/b7-6-,11-10+/t17-,18+,19+/m0/s1. The van der Waals surface area contributed by atoms with Crippen LogP contribution >= 0.6 is 0 Å². The van der Waals surface area contributed by atoms with E-state index in [1.165, 1.54) is 17.2 Å². The van der Waals surface area contributed by atoms with Crippen molar-refractivity contribution >= 4 is 5.97 Å². The SMILES string of the molecule is COCCOCO[C@@H]1/C=C\COC(=O)/C=C/[C@@H](OC)[C@@H]2CCC(C)=C1C2(C)C. The number of hydrogen-bond donors (Lipinski definition) is 0. The summed E-state index contributed by atoms with van der Waals surface area (Å²) in [5, 5.41) is 0. The normalized spacial score (nSPS) is 30.2. The number of hydrogen-bond acceptors (Lipinski definition) is 6. The van der Waals surface area contributed by atoms with Gasteiger partial charge in [-0.05, 0) is 48.8 Å². The van der Waals surface area contributed by atoms with Crippen LogP contribution in [0.25, 0.3) is 0 Å². The zero-order valence-electron chi connectivity index (χ0n) is 17.7. The summed E-state index contributed by atoms with van der Waals surface area (Å²) in [6.07, 6.45) is 8.63. The highest BCUT2D eigenvalue weighted by Gasteiger charge is 2.43. The third-order valence-electron chi connectivity index (χ3n) is 5.68. The van der Waals surface area contributed by atoms with Gasteiger partial charge >= 0.3 is 5.97 Å². The van der Waals surface area contributed by atoms with Crippen molar-refractivity contribution in [1.29, 1.82) is 0 Å². The van der Waals surface area contributed by atoms with E-state index in [4.69, 9.17) is 23.7 Å². The molecular weight excluding hydrogens is 360 g/mol. The number of rotatable bonds is 7. The van der Waals surface area contributed by atoms with E-state index in [9.17, 15) is 4.79 Å². The Morgan fingerprint density at radius 2 is 2.00 bits per heavy atom. The van der Waals surface area contributed by atoms with Crippen molar-refractivity contribution in [2.75, 3.05) is 40.8 Å². The highest BCUT2D eigenvalue weighted by molar-refractivity contribution is 5.82. The van der Waals surface area contributed by atoms with Crippen LogP contribution in [0.15, 0.2) is 35.5 Å². The van der Waals surface area contributed by atoms with Gasteiger partial charge in [0.15, 0.2) is 0 Å². The molecule has 6 heteroatoms. The largest absolute Gasteiger partial charge is 0.458 e. The summed E-state index contributed by atoms with van der Waals surface area (Å²) in [6, 6.07) is 0. The molecule has 0 aromatic heterocycles. The van der Waals surface area contributed by atoms with E-state index in [0.29, 0.717) is 13.2 Å². The van der Waals surface area contributed by atoms with Crippen molar-refractivity contribution in [2.24, 2.45) is 11.3 Å². The third-order valence-corrected chi connectivity index (χ3v) is 5.68. The summed E-state index contributed by atoms with van der Waals surface area (Å²) in [7, 11) is 3.32. The molecule has 0 spiro atoms. The highest BCUT2D eigenvalue weighted by atomic mass is 16.7. The molecule has 0 radical (unpaired) electrons. The summed E-state index contributed by atoms with van der Waals surface area (Å²) in [5.41, 5.74) is 2.41. The molecule has 0 N–H and O–H groups in total. The molecule has 1 aliphatic carbocycles. The predicted octanol–water partition coefficient (Wildman–Crippen LogP) is 3.43. The van der Waals surface area contributed by atoms with Crippen LogP contribution in [0, 0.1) is 11.3 Å². The Hall–Kier alpha value is -1.47. The van der Waals surface area contributed by atoms with E-state index >= 15 is 0 Å². The van der Waals surface area contributed by atoms with Gasteiger partial charge in [0, 0.05) is 20.3 Å². The molecule has 2 aliphatic rings.